The zero-order chi connectivity index (χ0) is 21.0. The number of nitrogens with one attached hydrogen (secondary N) is 1. The van der Waals surface area contributed by atoms with Gasteiger partial charge in [-0.15, -0.1) is 10.2 Å². The van der Waals surface area contributed by atoms with E-state index in [1.165, 1.54) is 23.9 Å². The van der Waals surface area contributed by atoms with Crippen molar-refractivity contribution in [2.45, 2.75) is 43.5 Å². The van der Waals surface area contributed by atoms with Crippen LogP contribution < -0.4 is 5.32 Å². The van der Waals surface area contributed by atoms with Crippen molar-refractivity contribution >= 4 is 23.4 Å². The summed E-state index contributed by atoms with van der Waals surface area (Å²) in [7, 11) is 1.84. The lowest BCUT2D eigenvalue weighted by molar-refractivity contribution is -0.115. The van der Waals surface area contributed by atoms with Gasteiger partial charge in [-0.3, -0.25) is 4.79 Å². The van der Waals surface area contributed by atoms with Gasteiger partial charge in [0.1, 0.15) is 5.82 Å². The van der Waals surface area contributed by atoms with E-state index >= 15 is 0 Å². The highest BCUT2D eigenvalue weighted by atomic mass is 32.2. The van der Waals surface area contributed by atoms with E-state index in [1.807, 2.05) is 36.7 Å². The number of carbonyl (C=O) groups excluding carboxylic acids is 1. The average molecular weight is 413 g/mol. The first-order valence-electron chi connectivity index (χ1n) is 9.62. The Morgan fingerprint density at radius 2 is 1.83 bits per heavy atom. The van der Waals surface area contributed by atoms with Crippen molar-refractivity contribution in [3.8, 4) is 11.4 Å². The van der Waals surface area contributed by atoms with Crippen LogP contribution >= 0.6 is 11.8 Å². The summed E-state index contributed by atoms with van der Waals surface area (Å²) in [6, 6.07) is 14.0. The maximum atomic E-state index is 13.2. The van der Waals surface area contributed by atoms with Gasteiger partial charge in [-0.25, -0.2) is 4.39 Å². The number of benzene rings is 2. The van der Waals surface area contributed by atoms with Gasteiger partial charge < -0.3 is 9.88 Å². The second kappa shape index (κ2) is 9.22. The number of rotatable bonds is 7. The van der Waals surface area contributed by atoms with Crippen LogP contribution in [0.25, 0.3) is 11.4 Å². The van der Waals surface area contributed by atoms with Gasteiger partial charge in [0.05, 0.1) is 5.25 Å². The Kier molecular flexibility index (Phi) is 6.69. The molecule has 0 fully saturated rings. The van der Waals surface area contributed by atoms with Gasteiger partial charge in [-0.2, -0.15) is 0 Å². The van der Waals surface area contributed by atoms with E-state index in [-0.39, 0.29) is 17.0 Å². The van der Waals surface area contributed by atoms with E-state index in [4.69, 9.17) is 0 Å². The Morgan fingerprint density at radius 3 is 2.52 bits per heavy atom. The number of halogens is 1. The van der Waals surface area contributed by atoms with Crippen molar-refractivity contribution in [2.75, 3.05) is 5.32 Å². The van der Waals surface area contributed by atoms with E-state index < -0.39 is 0 Å². The molecule has 7 heteroatoms. The van der Waals surface area contributed by atoms with Crippen LogP contribution in [0.15, 0.2) is 53.7 Å². The fraction of sp³-hybridized carbons (Fsp3) is 0.318. The summed E-state index contributed by atoms with van der Waals surface area (Å²) in [6.45, 7) is 6.13. The highest BCUT2D eigenvalue weighted by Crippen LogP contribution is 2.29. The number of thioether (sulfide) groups is 1. The summed E-state index contributed by atoms with van der Waals surface area (Å²) in [5.41, 5.74) is 2.76. The number of aromatic nitrogens is 3. The van der Waals surface area contributed by atoms with Gasteiger partial charge >= 0.3 is 0 Å². The summed E-state index contributed by atoms with van der Waals surface area (Å²) >= 11 is 1.34. The molecule has 0 radical (unpaired) electrons. The molecular weight excluding hydrogens is 387 g/mol. The molecule has 3 rings (SSSR count). The van der Waals surface area contributed by atoms with Crippen LogP contribution in [0.1, 0.15) is 38.7 Å². The number of amides is 1. The summed E-state index contributed by atoms with van der Waals surface area (Å²) < 4.78 is 15.0. The SMILES string of the molecule is CCC(C)c1ccccc1NC(=O)C(C)Sc1nnc(-c2ccc(F)cc2)n1C. The average Bonchev–Trinajstić information content (AvgIpc) is 3.08. The molecule has 0 spiro atoms. The predicted octanol–water partition coefficient (Wildman–Crippen LogP) is 5.25. The van der Waals surface area contributed by atoms with Crippen LogP contribution in [-0.2, 0) is 11.8 Å². The quantitative estimate of drug-likeness (QED) is 0.538. The van der Waals surface area contributed by atoms with Crippen molar-refractivity contribution in [1.29, 1.82) is 0 Å². The molecule has 5 nitrogen and oxygen atoms in total. The third-order valence-corrected chi connectivity index (χ3v) is 6.08. The second-order valence-electron chi connectivity index (χ2n) is 7.02. The molecule has 1 N–H and O–H groups in total. The molecule has 0 aliphatic carbocycles. The van der Waals surface area contributed by atoms with Crippen molar-refractivity contribution < 1.29 is 9.18 Å². The van der Waals surface area contributed by atoms with E-state index in [1.54, 1.807) is 12.1 Å². The van der Waals surface area contributed by atoms with Crippen LogP contribution in [0.5, 0.6) is 0 Å². The number of hydrogen-bond donors (Lipinski definition) is 1. The summed E-state index contributed by atoms with van der Waals surface area (Å²) in [6.07, 6.45) is 1.00. The largest absolute Gasteiger partial charge is 0.325 e. The van der Waals surface area contributed by atoms with Gasteiger partial charge in [0, 0.05) is 18.3 Å². The van der Waals surface area contributed by atoms with Gasteiger partial charge in [-0.1, -0.05) is 43.8 Å². The molecule has 2 aromatic carbocycles. The molecule has 0 bridgehead atoms. The molecule has 29 heavy (non-hydrogen) atoms. The number of hydrogen-bond acceptors (Lipinski definition) is 4. The first kappa shape index (κ1) is 21.0. The molecule has 152 valence electrons. The summed E-state index contributed by atoms with van der Waals surface area (Å²) in [5, 5.41) is 11.7. The summed E-state index contributed by atoms with van der Waals surface area (Å²) in [4.78, 5) is 12.8. The Labute approximate surface area is 174 Å². The fourth-order valence-electron chi connectivity index (χ4n) is 2.97. The molecule has 0 saturated carbocycles. The highest BCUT2D eigenvalue weighted by Gasteiger charge is 2.21. The van der Waals surface area contributed by atoms with Gasteiger partial charge in [0.2, 0.25) is 5.91 Å². The van der Waals surface area contributed by atoms with Crippen molar-refractivity contribution in [2.24, 2.45) is 7.05 Å². The molecule has 2 atom stereocenters. The molecule has 2 unspecified atom stereocenters. The Bertz CT molecular complexity index is 987. The number of nitrogens with zero attached hydrogens (tertiary/aromatic N) is 3. The lowest BCUT2D eigenvalue weighted by Crippen LogP contribution is -2.23. The van der Waals surface area contributed by atoms with Gasteiger partial charge in [0.15, 0.2) is 11.0 Å². The minimum Gasteiger partial charge on any atom is -0.325 e. The van der Waals surface area contributed by atoms with Crippen LogP contribution in [0.3, 0.4) is 0 Å². The zero-order valence-electron chi connectivity index (χ0n) is 17.0. The zero-order valence-corrected chi connectivity index (χ0v) is 17.8. The Hall–Kier alpha value is -2.67. The maximum absolute atomic E-state index is 13.2. The van der Waals surface area contributed by atoms with Crippen molar-refractivity contribution in [1.82, 2.24) is 14.8 Å². The lowest BCUT2D eigenvalue weighted by Gasteiger charge is -2.17. The predicted molar refractivity (Wildman–Crippen MR) is 115 cm³/mol. The van der Waals surface area contributed by atoms with Crippen LogP contribution in [0, 0.1) is 5.82 Å². The van der Waals surface area contributed by atoms with Crippen LogP contribution in [-0.4, -0.2) is 25.9 Å². The lowest BCUT2D eigenvalue weighted by atomic mass is 9.97. The normalized spacial score (nSPS) is 13.1. The minimum absolute atomic E-state index is 0.0860. The highest BCUT2D eigenvalue weighted by molar-refractivity contribution is 8.00. The van der Waals surface area contributed by atoms with E-state index in [0.717, 1.165) is 23.2 Å². The van der Waals surface area contributed by atoms with Crippen molar-refractivity contribution in [3.05, 3.63) is 59.9 Å². The molecule has 1 heterocycles. The molecule has 0 aliphatic heterocycles. The molecular formula is C22H25FN4OS. The van der Waals surface area contributed by atoms with Crippen LogP contribution in [0.2, 0.25) is 0 Å². The van der Waals surface area contributed by atoms with Gasteiger partial charge in [0.25, 0.3) is 0 Å². The van der Waals surface area contributed by atoms with Crippen molar-refractivity contribution in [3.63, 3.8) is 0 Å². The molecule has 1 amide bonds. The monoisotopic (exact) mass is 412 g/mol. The third-order valence-electron chi connectivity index (χ3n) is 4.95. The topological polar surface area (TPSA) is 59.8 Å². The van der Waals surface area contributed by atoms with Gasteiger partial charge in [-0.05, 0) is 55.2 Å². The molecule has 3 aromatic rings. The maximum Gasteiger partial charge on any atom is 0.237 e. The molecule has 0 saturated heterocycles. The van der Waals surface area contributed by atoms with Crippen LogP contribution in [0.4, 0.5) is 10.1 Å². The Morgan fingerprint density at radius 1 is 1.14 bits per heavy atom. The fourth-order valence-corrected chi connectivity index (χ4v) is 3.79. The van der Waals surface area contributed by atoms with E-state index in [2.05, 4.69) is 35.4 Å². The second-order valence-corrected chi connectivity index (χ2v) is 8.33. The molecule has 0 aliphatic rings. The number of carbonyl (C=O) groups is 1. The smallest absolute Gasteiger partial charge is 0.237 e. The summed E-state index contributed by atoms with van der Waals surface area (Å²) in [5.74, 6) is 0.610. The number of para-hydroxylation sites is 1. The minimum atomic E-state index is -0.357. The first-order valence-corrected chi connectivity index (χ1v) is 10.5. The third kappa shape index (κ3) is 4.85. The molecule has 1 aromatic heterocycles. The Balaban J connectivity index is 1.72. The first-order chi connectivity index (χ1) is 13.9. The standard InChI is InChI=1S/C22H25FN4OS/c1-5-14(2)18-8-6-7-9-19(18)24-21(28)15(3)29-22-26-25-20(27(22)4)16-10-12-17(23)13-11-16/h6-15H,5H2,1-4H3,(H,24,28). The number of anilines is 1. The van der Waals surface area contributed by atoms with E-state index in [0.29, 0.717) is 16.9 Å². The van der Waals surface area contributed by atoms with E-state index in [9.17, 15) is 9.18 Å².